The molecular weight excluding hydrogens is 396 g/mol. The molecule has 0 heterocycles. The van der Waals surface area contributed by atoms with Crippen molar-refractivity contribution in [1.82, 2.24) is 10.6 Å². The van der Waals surface area contributed by atoms with Crippen molar-refractivity contribution in [3.63, 3.8) is 0 Å². The minimum atomic E-state index is -0.608. The van der Waals surface area contributed by atoms with Crippen molar-refractivity contribution in [2.45, 2.75) is 38.6 Å². The Morgan fingerprint density at radius 2 is 1.87 bits per heavy atom. The summed E-state index contributed by atoms with van der Waals surface area (Å²) in [5, 5.41) is 5.92. The van der Waals surface area contributed by atoms with E-state index in [-0.39, 0.29) is 17.2 Å². The molecule has 2 amide bonds. The van der Waals surface area contributed by atoms with Crippen molar-refractivity contribution >= 4 is 23.6 Å². The quantitative estimate of drug-likeness (QED) is 0.601. The number of methoxy groups -OCH3 is 1. The minimum absolute atomic E-state index is 0.173. The lowest BCUT2D eigenvalue weighted by atomic mass is 9.84. The number of rotatable bonds is 10. The zero-order chi connectivity index (χ0) is 22.1. The molecule has 1 unspecified atom stereocenters. The first-order valence-electron chi connectivity index (χ1n) is 10.1. The van der Waals surface area contributed by atoms with E-state index in [9.17, 15) is 9.59 Å². The molecule has 0 aliphatic rings. The van der Waals surface area contributed by atoms with Crippen molar-refractivity contribution in [2.75, 3.05) is 25.7 Å². The van der Waals surface area contributed by atoms with Crippen LogP contribution in [0.4, 0.5) is 0 Å². The molecule has 0 aliphatic carbocycles. The van der Waals surface area contributed by atoms with E-state index >= 15 is 0 Å². The van der Waals surface area contributed by atoms with Crippen LogP contribution in [0.3, 0.4) is 0 Å². The molecule has 0 saturated carbocycles. The number of benzene rings is 2. The van der Waals surface area contributed by atoms with Crippen molar-refractivity contribution < 1.29 is 14.3 Å². The third-order valence-corrected chi connectivity index (χ3v) is 5.73. The van der Waals surface area contributed by atoms with Crippen LogP contribution in [0.5, 0.6) is 5.75 Å². The van der Waals surface area contributed by atoms with Gasteiger partial charge in [0, 0.05) is 12.0 Å². The Labute approximate surface area is 184 Å². The first-order chi connectivity index (χ1) is 14.3. The van der Waals surface area contributed by atoms with Gasteiger partial charge in [0.1, 0.15) is 11.8 Å². The SMILES string of the molecule is COc1ccccc1C(=O)NC(CCSC)C(=O)NCC(C)(C)c1cccc(C)c1. The predicted octanol–water partition coefficient (Wildman–Crippen LogP) is 3.95. The first-order valence-corrected chi connectivity index (χ1v) is 11.5. The zero-order valence-electron chi connectivity index (χ0n) is 18.5. The number of nitrogens with one attached hydrogen (secondary N) is 2. The monoisotopic (exact) mass is 428 g/mol. The minimum Gasteiger partial charge on any atom is -0.496 e. The van der Waals surface area contributed by atoms with E-state index in [0.717, 1.165) is 5.75 Å². The van der Waals surface area contributed by atoms with Gasteiger partial charge in [-0.3, -0.25) is 9.59 Å². The van der Waals surface area contributed by atoms with Crippen molar-refractivity contribution in [3.05, 3.63) is 65.2 Å². The van der Waals surface area contributed by atoms with E-state index in [4.69, 9.17) is 4.74 Å². The highest BCUT2D eigenvalue weighted by atomic mass is 32.2. The number of hydrogen-bond donors (Lipinski definition) is 2. The van der Waals surface area contributed by atoms with E-state index < -0.39 is 6.04 Å². The summed E-state index contributed by atoms with van der Waals surface area (Å²) in [6, 6.07) is 14.7. The number of para-hydroxylation sites is 1. The molecule has 0 saturated heterocycles. The molecule has 0 radical (unpaired) electrons. The number of carbonyl (C=O) groups is 2. The van der Waals surface area contributed by atoms with Crippen LogP contribution < -0.4 is 15.4 Å². The Kier molecular flexibility index (Phi) is 8.78. The summed E-state index contributed by atoms with van der Waals surface area (Å²) in [7, 11) is 1.53. The standard InChI is InChI=1S/C24H32N2O3S/c1-17-9-8-10-18(15-17)24(2,3)16-25-23(28)20(13-14-30-5)26-22(27)19-11-6-7-12-21(19)29-4/h6-12,15,20H,13-14,16H2,1-5H3,(H,25,28)(H,26,27). The van der Waals surface area contributed by atoms with Crippen LogP contribution in [-0.2, 0) is 10.2 Å². The molecule has 0 aromatic heterocycles. The molecule has 2 aromatic rings. The molecule has 2 N–H and O–H groups in total. The highest BCUT2D eigenvalue weighted by Crippen LogP contribution is 2.23. The van der Waals surface area contributed by atoms with Crippen LogP contribution in [0.1, 0.15) is 41.8 Å². The molecule has 0 aliphatic heterocycles. The summed E-state index contributed by atoms with van der Waals surface area (Å²) in [4.78, 5) is 25.7. The summed E-state index contributed by atoms with van der Waals surface area (Å²) in [6.07, 6.45) is 2.54. The Bertz CT molecular complexity index is 867. The average Bonchev–Trinajstić information content (AvgIpc) is 2.74. The fourth-order valence-corrected chi connectivity index (χ4v) is 3.64. The molecule has 5 nitrogen and oxygen atoms in total. The molecule has 0 bridgehead atoms. The zero-order valence-corrected chi connectivity index (χ0v) is 19.3. The number of thioether (sulfide) groups is 1. The molecule has 6 heteroatoms. The van der Waals surface area contributed by atoms with Gasteiger partial charge in [-0.25, -0.2) is 0 Å². The molecule has 1 atom stereocenters. The molecule has 30 heavy (non-hydrogen) atoms. The molecule has 0 spiro atoms. The topological polar surface area (TPSA) is 67.4 Å². The van der Waals surface area contributed by atoms with Crippen LogP contribution in [0.15, 0.2) is 48.5 Å². The molecular formula is C24H32N2O3S. The molecule has 0 fully saturated rings. The Morgan fingerprint density at radius 1 is 1.13 bits per heavy atom. The lowest BCUT2D eigenvalue weighted by Crippen LogP contribution is -2.49. The summed E-state index contributed by atoms with van der Waals surface area (Å²) < 4.78 is 5.27. The second-order valence-electron chi connectivity index (χ2n) is 7.98. The van der Waals surface area contributed by atoms with Gasteiger partial charge in [-0.15, -0.1) is 0 Å². The maximum absolute atomic E-state index is 12.9. The van der Waals surface area contributed by atoms with E-state index in [1.165, 1.54) is 18.2 Å². The highest BCUT2D eigenvalue weighted by molar-refractivity contribution is 7.98. The predicted molar refractivity (Wildman–Crippen MR) is 124 cm³/mol. The normalized spacial score (nSPS) is 12.2. The highest BCUT2D eigenvalue weighted by Gasteiger charge is 2.26. The summed E-state index contributed by atoms with van der Waals surface area (Å²) in [6.45, 7) is 6.75. The lowest BCUT2D eigenvalue weighted by molar-refractivity contribution is -0.123. The van der Waals surface area contributed by atoms with Gasteiger partial charge >= 0.3 is 0 Å². The van der Waals surface area contributed by atoms with Gasteiger partial charge in [0.15, 0.2) is 0 Å². The van der Waals surface area contributed by atoms with Gasteiger partial charge in [-0.05, 0) is 43.0 Å². The van der Waals surface area contributed by atoms with Gasteiger partial charge in [-0.2, -0.15) is 11.8 Å². The van der Waals surface area contributed by atoms with E-state index in [1.54, 1.807) is 36.0 Å². The summed E-state index contributed by atoms with van der Waals surface area (Å²) >= 11 is 1.64. The van der Waals surface area contributed by atoms with E-state index in [0.29, 0.717) is 24.3 Å². The average molecular weight is 429 g/mol. The summed E-state index contributed by atoms with van der Waals surface area (Å²) in [5.41, 5.74) is 2.55. The molecule has 2 aromatic carbocycles. The van der Waals surface area contributed by atoms with Crippen molar-refractivity contribution in [3.8, 4) is 5.75 Å². The van der Waals surface area contributed by atoms with Gasteiger partial charge in [-0.1, -0.05) is 55.8 Å². The number of aryl methyl sites for hydroxylation is 1. The van der Waals surface area contributed by atoms with Crippen LogP contribution >= 0.6 is 11.8 Å². The van der Waals surface area contributed by atoms with Gasteiger partial charge in [0.2, 0.25) is 5.91 Å². The first kappa shape index (κ1) is 23.8. The third kappa shape index (κ3) is 6.52. The summed E-state index contributed by atoms with van der Waals surface area (Å²) in [5.74, 6) is 0.769. The second kappa shape index (κ2) is 11.1. The van der Waals surface area contributed by atoms with Crippen molar-refractivity contribution in [1.29, 1.82) is 0 Å². The van der Waals surface area contributed by atoms with Gasteiger partial charge < -0.3 is 15.4 Å². The Hall–Kier alpha value is -2.47. The van der Waals surface area contributed by atoms with Crippen LogP contribution in [0, 0.1) is 6.92 Å². The fraction of sp³-hybridized carbons (Fsp3) is 0.417. The number of ether oxygens (including phenoxy) is 1. The Morgan fingerprint density at radius 3 is 2.53 bits per heavy atom. The van der Waals surface area contributed by atoms with Crippen LogP contribution in [0.2, 0.25) is 0 Å². The van der Waals surface area contributed by atoms with Crippen LogP contribution in [0.25, 0.3) is 0 Å². The smallest absolute Gasteiger partial charge is 0.255 e. The lowest BCUT2D eigenvalue weighted by Gasteiger charge is -2.27. The second-order valence-corrected chi connectivity index (χ2v) is 8.96. The van der Waals surface area contributed by atoms with Gasteiger partial charge in [0.05, 0.1) is 12.7 Å². The maximum Gasteiger partial charge on any atom is 0.255 e. The number of amides is 2. The number of carbonyl (C=O) groups excluding carboxylic acids is 2. The van der Waals surface area contributed by atoms with E-state index in [1.807, 2.05) is 12.3 Å². The number of hydrogen-bond acceptors (Lipinski definition) is 4. The molecule has 162 valence electrons. The van der Waals surface area contributed by atoms with Crippen molar-refractivity contribution in [2.24, 2.45) is 0 Å². The van der Waals surface area contributed by atoms with E-state index in [2.05, 4.69) is 49.6 Å². The maximum atomic E-state index is 12.9. The Balaban J connectivity index is 2.08. The third-order valence-electron chi connectivity index (χ3n) is 5.09. The fourth-order valence-electron chi connectivity index (χ4n) is 3.17. The van der Waals surface area contributed by atoms with Crippen LogP contribution in [-0.4, -0.2) is 43.5 Å². The largest absolute Gasteiger partial charge is 0.496 e. The van der Waals surface area contributed by atoms with Gasteiger partial charge in [0.25, 0.3) is 5.91 Å². The molecule has 2 rings (SSSR count).